The molecule has 1 nitrogen and oxygen atoms in total. The molecule has 0 aliphatic heterocycles. The minimum atomic E-state index is 0.404. The van der Waals surface area contributed by atoms with Crippen LogP contribution in [0.25, 0.3) is 0 Å². The summed E-state index contributed by atoms with van der Waals surface area (Å²) in [6.07, 6.45) is 46.4. The van der Waals surface area contributed by atoms with Crippen LogP contribution in [0.5, 0.6) is 0 Å². The second kappa shape index (κ2) is 37.3. The molecule has 0 aromatic rings. The van der Waals surface area contributed by atoms with Gasteiger partial charge < -0.3 is 5.11 Å². The highest BCUT2D eigenvalue weighted by Crippen LogP contribution is 2.16. The predicted octanol–water partition coefficient (Wildman–Crippen LogP) is 13.1. The lowest BCUT2D eigenvalue weighted by atomic mass is 10.0. The Morgan fingerprint density at radius 3 is 0.675 bits per heavy atom. The molecule has 0 spiro atoms. The molecule has 0 aromatic carbocycles. The Hall–Kier alpha value is 0.310. The summed E-state index contributed by atoms with van der Waals surface area (Å²) in [5.74, 6) is 3.84. The van der Waals surface area contributed by atoms with Gasteiger partial charge in [0.2, 0.25) is 0 Å². The SMILES string of the molecule is CCCCCCCCCCCCCCCCCC[S+](CCO)CCCCCCCCCCCCCCCCCC. The van der Waals surface area contributed by atoms with Crippen LogP contribution in [-0.4, -0.2) is 29.0 Å². The lowest BCUT2D eigenvalue weighted by molar-refractivity contribution is 0.322. The number of hydrogen-bond donors (Lipinski definition) is 1. The molecule has 0 rings (SSSR count). The average Bonchev–Trinajstić information content (AvgIpc) is 2.96. The van der Waals surface area contributed by atoms with Crippen molar-refractivity contribution in [2.75, 3.05) is 23.9 Å². The molecule has 0 aromatic heterocycles. The van der Waals surface area contributed by atoms with Crippen LogP contribution >= 0.6 is 0 Å². The first-order valence-electron chi connectivity index (χ1n) is 19.1. The van der Waals surface area contributed by atoms with E-state index in [2.05, 4.69) is 13.8 Å². The largest absolute Gasteiger partial charge is 0.391 e. The van der Waals surface area contributed by atoms with Crippen LogP contribution in [0, 0.1) is 0 Å². The molecule has 0 heterocycles. The molecule has 0 aliphatic carbocycles. The molecule has 2 heteroatoms. The van der Waals surface area contributed by atoms with Gasteiger partial charge >= 0.3 is 0 Å². The van der Waals surface area contributed by atoms with Gasteiger partial charge in [-0.25, -0.2) is 0 Å². The minimum absolute atomic E-state index is 0.404. The Morgan fingerprint density at radius 1 is 0.275 bits per heavy atom. The van der Waals surface area contributed by atoms with E-state index in [0.29, 0.717) is 17.5 Å². The molecular weight excluding hydrogens is 504 g/mol. The van der Waals surface area contributed by atoms with Gasteiger partial charge in [0.25, 0.3) is 0 Å². The van der Waals surface area contributed by atoms with Gasteiger partial charge in [-0.1, -0.05) is 194 Å². The number of unbranched alkanes of at least 4 members (excludes halogenated alkanes) is 30. The van der Waals surface area contributed by atoms with Crippen molar-refractivity contribution in [3.63, 3.8) is 0 Å². The van der Waals surface area contributed by atoms with Gasteiger partial charge in [-0.05, 0) is 36.6 Å². The normalized spacial score (nSPS) is 11.7. The first-order chi connectivity index (χ1) is 19.8. The van der Waals surface area contributed by atoms with Crippen LogP contribution < -0.4 is 0 Å². The fraction of sp³-hybridized carbons (Fsp3) is 1.00. The summed E-state index contributed by atoms with van der Waals surface area (Å²) in [6, 6.07) is 0. The van der Waals surface area contributed by atoms with E-state index in [1.54, 1.807) is 0 Å². The summed E-state index contributed by atoms with van der Waals surface area (Å²) in [7, 11) is 0.491. The van der Waals surface area contributed by atoms with Crippen molar-refractivity contribution < 1.29 is 5.11 Å². The topological polar surface area (TPSA) is 20.2 Å². The summed E-state index contributed by atoms with van der Waals surface area (Å²) in [4.78, 5) is 0. The summed E-state index contributed by atoms with van der Waals surface area (Å²) in [6.45, 7) is 5.01. The molecule has 0 unspecified atom stereocenters. The summed E-state index contributed by atoms with van der Waals surface area (Å²) in [5, 5.41) is 9.51. The molecule has 40 heavy (non-hydrogen) atoms. The maximum Gasteiger partial charge on any atom is 0.131 e. The van der Waals surface area contributed by atoms with Gasteiger partial charge in [0.05, 0.1) is 6.61 Å². The highest BCUT2D eigenvalue weighted by Gasteiger charge is 2.16. The van der Waals surface area contributed by atoms with E-state index < -0.39 is 0 Å². The highest BCUT2D eigenvalue weighted by atomic mass is 32.2. The first kappa shape index (κ1) is 40.3. The lowest BCUT2D eigenvalue weighted by Crippen LogP contribution is -2.19. The Kier molecular flexibility index (Phi) is 37.6. The van der Waals surface area contributed by atoms with Crippen molar-refractivity contribution in [2.45, 2.75) is 219 Å². The van der Waals surface area contributed by atoms with E-state index in [0.717, 1.165) is 5.75 Å². The Morgan fingerprint density at radius 2 is 0.475 bits per heavy atom. The monoisotopic (exact) mass is 584 g/mol. The molecule has 0 saturated heterocycles. The van der Waals surface area contributed by atoms with Crippen LogP contribution in [-0.2, 0) is 10.9 Å². The number of rotatable bonds is 36. The van der Waals surface area contributed by atoms with Gasteiger partial charge in [-0.15, -0.1) is 0 Å². The van der Waals surface area contributed by atoms with Crippen molar-refractivity contribution in [1.29, 1.82) is 0 Å². The lowest BCUT2D eigenvalue weighted by Gasteiger charge is -2.08. The van der Waals surface area contributed by atoms with Gasteiger partial charge in [0.15, 0.2) is 0 Å². The second-order valence-electron chi connectivity index (χ2n) is 13.1. The van der Waals surface area contributed by atoms with Crippen molar-refractivity contribution in [3.8, 4) is 0 Å². The third-order valence-corrected chi connectivity index (χ3v) is 11.4. The van der Waals surface area contributed by atoms with E-state index in [4.69, 9.17) is 0 Å². The van der Waals surface area contributed by atoms with Gasteiger partial charge in [-0.3, -0.25) is 0 Å². The third kappa shape index (κ3) is 34.5. The van der Waals surface area contributed by atoms with E-state index in [-0.39, 0.29) is 0 Å². The van der Waals surface area contributed by atoms with Crippen LogP contribution in [0.15, 0.2) is 0 Å². The molecular formula is C38H79OS+. The van der Waals surface area contributed by atoms with Gasteiger partial charge in [0.1, 0.15) is 17.3 Å². The summed E-state index contributed by atoms with van der Waals surface area (Å²) >= 11 is 0. The zero-order valence-corrected chi connectivity index (χ0v) is 29.1. The first-order valence-corrected chi connectivity index (χ1v) is 20.8. The molecule has 0 amide bonds. The maximum atomic E-state index is 9.51. The fourth-order valence-electron chi connectivity index (χ4n) is 6.14. The molecule has 0 fully saturated rings. The van der Waals surface area contributed by atoms with Gasteiger partial charge in [0, 0.05) is 0 Å². The minimum Gasteiger partial charge on any atom is -0.391 e. The quantitative estimate of drug-likeness (QED) is 0.0574. The number of hydrogen-bond acceptors (Lipinski definition) is 1. The summed E-state index contributed by atoms with van der Waals surface area (Å²) < 4.78 is 0. The smallest absolute Gasteiger partial charge is 0.131 e. The summed E-state index contributed by atoms with van der Waals surface area (Å²) in [5.41, 5.74) is 0. The van der Waals surface area contributed by atoms with Crippen molar-refractivity contribution in [1.82, 2.24) is 0 Å². The number of aliphatic hydroxyl groups excluding tert-OH is 1. The predicted molar refractivity (Wildman–Crippen MR) is 188 cm³/mol. The zero-order chi connectivity index (χ0) is 29.0. The van der Waals surface area contributed by atoms with E-state index in [1.165, 1.54) is 217 Å². The molecule has 0 bridgehead atoms. The van der Waals surface area contributed by atoms with E-state index in [1.807, 2.05) is 0 Å². The molecule has 0 aliphatic rings. The van der Waals surface area contributed by atoms with Crippen molar-refractivity contribution >= 4 is 10.9 Å². The van der Waals surface area contributed by atoms with Crippen LogP contribution in [0.4, 0.5) is 0 Å². The molecule has 0 saturated carbocycles. The van der Waals surface area contributed by atoms with Crippen LogP contribution in [0.1, 0.15) is 219 Å². The Balaban J connectivity index is 3.35. The second-order valence-corrected chi connectivity index (χ2v) is 15.5. The molecule has 0 radical (unpaired) electrons. The fourth-order valence-corrected chi connectivity index (χ4v) is 8.24. The molecule has 242 valence electrons. The van der Waals surface area contributed by atoms with E-state index >= 15 is 0 Å². The molecule has 1 N–H and O–H groups in total. The van der Waals surface area contributed by atoms with E-state index in [9.17, 15) is 5.11 Å². The van der Waals surface area contributed by atoms with Crippen molar-refractivity contribution in [2.24, 2.45) is 0 Å². The zero-order valence-electron chi connectivity index (χ0n) is 28.3. The number of aliphatic hydroxyl groups is 1. The van der Waals surface area contributed by atoms with Crippen LogP contribution in [0.2, 0.25) is 0 Å². The third-order valence-electron chi connectivity index (χ3n) is 8.95. The van der Waals surface area contributed by atoms with Crippen LogP contribution in [0.3, 0.4) is 0 Å². The highest BCUT2D eigenvalue weighted by molar-refractivity contribution is 7.96. The Bertz CT molecular complexity index is 390. The Labute approximate surface area is 258 Å². The molecule has 0 atom stereocenters. The van der Waals surface area contributed by atoms with Crippen molar-refractivity contribution in [3.05, 3.63) is 0 Å². The average molecular weight is 584 g/mol. The maximum absolute atomic E-state index is 9.51. The standard InChI is InChI=1S/C38H79OS/c1-3-5-7-9-11-13-15-17-19-21-23-25-27-29-31-33-36-40(38-35-39)37-34-32-30-28-26-24-22-20-18-16-14-12-10-8-6-4-2/h39H,3-38H2,1-2H3/q+1. The van der Waals surface area contributed by atoms with Gasteiger partial charge in [-0.2, -0.15) is 0 Å².